The molecule has 0 bridgehead atoms. The van der Waals surface area contributed by atoms with E-state index in [9.17, 15) is 9.90 Å². The third kappa shape index (κ3) is 3.72. The zero-order valence-corrected chi connectivity index (χ0v) is 13.7. The van der Waals surface area contributed by atoms with Gasteiger partial charge in [-0.05, 0) is 41.1 Å². The Bertz CT molecular complexity index is 865. The molecule has 0 saturated carbocycles. The van der Waals surface area contributed by atoms with E-state index >= 15 is 0 Å². The molecule has 7 nitrogen and oxygen atoms in total. The van der Waals surface area contributed by atoms with Crippen LogP contribution in [0.3, 0.4) is 0 Å². The van der Waals surface area contributed by atoms with Crippen LogP contribution >= 0.6 is 11.8 Å². The third-order valence-corrected chi connectivity index (χ3v) is 4.17. The molecule has 1 heterocycles. The molecule has 0 atom stereocenters. The van der Waals surface area contributed by atoms with Gasteiger partial charge in [0.05, 0.1) is 11.4 Å². The number of phenolic OH excluding ortho intramolecular Hbond substituents is 1. The Morgan fingerprint density at radius 1 is 1.25 bits per heavy atom. The molecular weight excluding hydrogens is 326 g/mol. The van der Waals surface area contributed by atoms with Crippen LogP contribution in [0, 0.1) is 6.92 Å². The Hall–Kier alpha value is -2.87. The van der Waals surface area contributed by atoms with Gasteiger partial charge >= 0.3 is 0 Å². The predicted octanol–water partition coefficient (Wildman–Crippen LogP) is 2.41. The van der Waals surface area contributed by atoms with Gasteiger partial charge in [-0.15, -0.1) is 5.10 Å². The topological polar surface area (TPSA) is 92.9 Å². The number of nitrogens with zero attached hydrogens (tertiary/aromatic N) is 4. The van der Waals surface area contributed by atoms with Crippen molar-refractivity contribution in [2.75, 3.05) is 11.1 Å². The Kier molecular flexibility index (Phi) is 4.76. The Morgan fingerprint density at radius 2 is 2.08 bits per heavy atom. The lowest BCUT2D eigenvalue weighted by Crippen LogP contribution is -2.14. The lowest BCUT2D eigenvalue weighted by Gasteiger charge is -2.07. The Labute approximate surface area is 142 Å². The summed E-state index contributed by atoms with van der Waals surface area (Å²) in [6, 6.07) is 14.1. The van der Waals surface area contributed by atoms with Gasteiger partial charge in [0.15, 0.2) is 0 Å². The summed E-state index contributed by atoms with van der Waals surface area (Å²) in [6.07, 6.45) is 0. The Balaban J connectivity index is 1.67. The molecule has 0 aliphatic carbocycles. The van der Waals surface area contributed by atoms with Crippen molar-refractivity contribution >= 4 is 23.4 Å². The summed E-state index contributed by atoms with van der Waals surface area (Å²) in [5.41, 5.74) is 2.45. The zero-order valence-electron chi connectivity index (χ0n) is 12.9. The van der Waals surface area contributed by atoms with E-state index < -0.39 is 0 Å². The minimum atomic E-state index is -0.204. The number of tetrazole rings is 1. The van der Waals surface area contributed by atoms with Gasteiger partial charge in [-0.3, -0.25) is 4.79 Å². The maximum atomic E-state index is 12.0. The number of amides is 1. The number of para-hydroxylation sites is 1. The third-order valence-electron chi connectivity index (χ3n) is 3.25. The zero-order chi connectivity index (χ0) is 16.9. The van der Waals surface area contributed by atoms with Crippen molar-refractivity contribution < 1.29 is 9.90 Å². The van der Waals surface area contributed by atoms with Crippen molar-refractivity contribution in [2.24, 2.45) is 0 Å². The van der Waals surface area contributed by atoms with Gasteiger partial charge in [0, 0.05) is 11.8 Å². The Morgan fingerprint density at radius 3 is 2.88 bits per heavy atom. The van der Waals surface area contributed by atoms with Crippen molar-refractivity contribution in [1.29, 1.82) is 0 Å². The summed E-state index contributed by atoms with van der Waals surface area (Å²) < 4.78 is 1.61. The summed E-state index contributed by atoms with van der Waals surface area (Å²) in [6.45, 7) is 1.97. The summed E-state index contributed by atoms with van der Waals surface area (Å²) >= 11 is 1.24. The minimum Gasteiger partial charge on any atom is -0.508 e. The highest BCUT2D eigenvalue weighted by Crippen LogP contribution is 2.21. The first-order valence-electron chi connectivity index (χ1n) is 7.19. The summed E-state index contributed by atoms with van der Waals surface area (Å²) in [4.78, 5) is 12.0. The standard InChI is InChI=1S/C16H15N5O2S/c1-11-5-2-3-8-14(11)21-16(18-19-20-21)24-10-15(23)17-12-6-4-7-13(22)9-12/h2-9,22H,10H2,1H3,(H,17,23). The fraction of sp³-hybridized carbons (Fsp3) is 0.125. The largest absolute Gasteiger partial charge is 0.508 e. The number of carbonyl (C=O) groups is 1. The smallest absolute Gasteiger partial charge is 0.234 e. The summed E-state index contributed by atoms with van der Waals surface area (Å²) in [5, 5.41) is 24.3. The van der Waals surface area contributed by atoms with E-state index in [2.05, 4.69) is 20.8 Å². The van der Waals surface area contributed by atoms with E-state index in [1.165, 1.54) is 17.8 Å². The summed E-state index contributed by atoms with van der Waals surface area (Å²) in [7, 11) is 0. The van der Waals surface area contributed by atoms with Crippen LogP contribution < -0.4 is 5.32 Å². The number of rotatable bonds is 5. The number of benzene rings is 2. The van der Waals surface area contributed by atoms with Gasteiger partial charge in [0.2, 0.25) is 11.1 Å². The van der Waals surface area contributed by atoms with Gasteiger partial charge < -0.3 is 10.4 Å². The van der Waals surface area contributed by atoms with Crippen LogP contribution in [-0.4, -0.2) is 37.0 Å². The number of nitrogens with one attached hydrogen (secondary N) is 1. The number of aryl methyl sites for hydroxylation is 1. The normalized spacial score (nSPS) is 10.5. The van der Waals surface area contributed by atoms with Crippen LogP contribution in [0.5, 0.6) is 5.75 Å². The molecular formula is C16H15N5O2S. The number of carbonyl (C=O) groups excluding carboxylic acids is 1. The molecule has 1 aromatic heterocycles. The molecule has 0 aliphatic heterocycles. The van der Waals surface area contributed by atoms with E-state index in [-0.39, 0.29) is 17.4 Å². The fourth-order valence-electron chi connectivity index (χ4n) is 2.13. The van der Waals surface area contributed by atoms with Gasteiger partial charge in [-0.25, -0.2) is 0 Å². The maximum absolute atomic E-state index is 12.0. The van der Waals surface area contributed by atoms with E-state index in [1.807, 2.05) is 31.2 Å². The lowest BCUT2D eigenvalue weighted by atomic mass is 10.2. The molecule has 0 fully saturated rings. The van der Waals surface area contributed by atoms with Crippen LogP contribution in [0.2, 0.25) is 0 Å². The maximum Gasteiger partial charge on any atom is 0.234 e. The molecule has 24 heavy (non-hydrogen) atoms. The van der Waals surface area contributed by atoms with Crippen LogP contribution in [0.1, 0.15) is 5.56 Å². The molecule has 1 amide bonds. The van der Waals surface area contributed by atoms with Gasteiger partial charge in [-0.2, -0.15) is 4.68 Å². The molecule has 0 saturated heterocycles. The van der Waals surface area contributed by atoms with E-state index in [4.69, 9.17) is 0 Å². The second-order valence-corrected chi connectivity index (χ2v) is 5.99. The average molecular weight is 341 g/mol. The fourth-order valence-corrected chi connectivity index (χ4v) is 2.82. The average Bonchev–Trinajstić information content (AvgIpc) is 3.02. The van der Waals surface area contributed by atoms with Crippen LogP contribution in [0.4, 0.5) is 5.69 Å². The lowest BCUT2D eigenvalue weighted by molar-refractivity contribution is -0.113. The van der Waals surface area contributed by atoms with Crippen molar-refractivity contribution in [1.82, 2.24) is 20.2 Å². The first-order valence-corrected chi connectivity index (χ1v) is 8.18. The first kappa shape index (κ1) is 16.0. The van der Waals surface area contributed by atoms with Crippen LogP contribution in [0.15, 0.2) is 53.7 Å². The number of anilines is 1. The van der Waals surface area contributed by atoms with Crippen LogP contribution in [-0.2, 0) is 4.79 Å². The highest BCUT2D eigenvalue weighted by atomic mass is 32.2. The number of phenols is 1. The molecule has 8 heteroatoms. The van der Waals surface area contributed by atoms with Crippen molar-refractivity contribution in [3.8, 4) is 11.4 Å². The second kappa shape index (κ2) is 7.14. The number of thioether (sulfide) groups is 1. The summed E-state index contributed by atoms with van der Waals surface area (Å²) in [5.74, 6) is 0.0518. The molecule has 2 aromatic carbocycles. The minimum absolute atomic E-state index is 0.101. The molecule has 0 spiro atoms. The van der Waals surface area contributed by atoms with Gasteiger partial charge in [0.25, 0.3) is 0 Å². The van der Waals surface area contributed by atoms with Crippen LogP contribution in [0.25, 0.3) is 5.69 Å². The molecule has 0 unspecified atom stereocenters. The predicted molar refractivity (Wildman–Crippen MR) is 91.4 cm³/mol. The SMILES string of the molecule is Cc1ccccc1-n1nnnc1SCC(=O)Nc1cccc(O)c1. The molecule has 122 valence electrons. The highest BCUT2D eigenvalue weighted by Gasteiger charge is 2.13. The van der Waals surface area contributed by atoms with E-state index in [1.54, 1.807) is 22.9 Å². The number of aromatic hydroxyl groups is 1. The number of hydrogen-bond acceptors (Lipinski definition) is 6. The van der Waals surface area contributed by atoms with Gasteiger partial charge in [-0.1, -0.05) is 36.0 Å². The van der Waals surface area contributed by atoms with E-state index in [0.29, 0.717) is 10.8 Å². The monoisotopic (exact) mass is 341 g/mol. The molecule has 2 N–H and O–H groups in total. The number of aromatic nitrogens is 4. The van der Waals surface area contributed by atoms with Gasteiger partial charge in [0.1, 0.15) is 5.75 Å². The quantitative estimate of drug-likeness (QED) is 0.692. The highest BCUT2D eigenvalue weighted by molar-refractivity contribution is 7.99. The number of hydrogen-bond donors (Lipinski definition) is 2. The van der Waals surface area contributed by atoms with Crippen molar-refractivity contribution in [3.05, 3.63) is 54.1 Å². The first-order chi connectivity index (χ1) is 11.6. The van der Waals surface area contributed by atoms with Crippen molar-refractivity contribution in [3.63, 3.8) is 0 Å². The van der Waals surface area contributed by atoms with Crippen molar-refractivity contribution in [2.45, 2.75) is 12.1 Å². The molecule has 0 aliphatic rings. The molecule has 0 radical (unpaired) electrons. The molecule has 3 rings (SSSR count). The van der Waals surface area contributed by atoms with E-state index in [0.717, 1.165) is 11.3 Å². The second-order valence-electron chi connectivity index (χ2n) is 5.05. The molecule has 3 aromatic rings.